The predicted molar refractivity (Wildman–Crippen MR) is 135 cm³/mol. The molecule has 2 aromatic heterocycles. The molecule has 0 bridgehead atoms. The molecule has 0 atom stereocenters. The lowest BCUT2D eigenvalue weighted by atomic mass is 10.2. The average molecular weight is 460 g/mol. The molecule has 1 aliphatic rings. The zero-order valence-corrected chi connectivity index (χ0v) is 19.5. The highest BCUT2D eigenvalue weighted by molar-refractivity contribution is 6.11. The van der Waals surface area contributed by atoms with Crippen LogP contribution in [0.1, 0.15) is 10.4 Å². The molecular formula is C25H29N7O2. The van der Waals surface area contributed by atoms with Crippen molar-refractivity contribution in [3.8, 4) is 5.69 Å². The Labute approximate surface area is 198 Å². The van der Waals surface area contributed by atoms with Crippen molar-refractivity contribution in [2.75, 3.05) is 64.1 Å². The molecule has 0 unspecified atom stereocenters. The smallest absolute Gasteiger partial charge is 0.257 e. The van der Waals surface area contributed by atoms with Crippen LogP contribution in [0.25, 0.3) is 27.9 Å². The lowest BCUT2D eigenvalue weighted by Crippen LogP contribution is -2.41. The normalized spacial score (nSPS) is 14.5. The molecule has 1 amide bonds. The number of ether oxygens (including phenoxy) is 1. The third kappa shape index (κ3) is 4.15. The fourth-order valence-electron chi connectivity index (χ4n) is 4.29. The standard InChI is InChI=1S/C25H29N7O2/c1-30(2)17-7-9-18(10-8-17)32-23(26)21(25(33)27-11-12-31-13-15-34-16-14-31)22-24(32)29-20-6-4-3-5-19(20)28-22/h3-10H,11-16,26H2,1-2H3,(H,27,33). The topological polar surface area (TPSA) is 102 Å². The molecule has 0 aliphatic carbocycles. The van der Waals surface area contributed by atoms with Gasteiger partial charge in [0.25, 0.3) is 5.91 Å². The fourth-order valence-corrected chi connectivity index (χ4v) is 4.29. The van der Waals surface area contributed by atoms with Gasteiger partial charge >= 0.3 is 0 Å². The molecule has 9 heteroatoms. The monoisotopic (exact) mass is 459 g/mol. The first kappa shape index (κ1) is 22.1. The molecule has 34 heavy (non-hydrogen) atoms. The fraction of sp³-hybridized carbons (Fsp3) is 0.320. The number of morpholine rings is 1. The van der Waals surface area contributed by atoms with Crippen LogP contribution in [0.5, 0.6) is 0 Å². The van der Waals surface area contributed by atoms with Crippen LogP contribution < -0.4 is 16.0 Å². The summed E-state index contributed by atoms with van der Waals surface area (Å²) < 4.78 is 7.21. The summed E-state index contributed by atoms with van der Waals surface area (Å²) in [6, 6.07) is 15.6. The van der Waals surface area contributed by atoms with Gasteiger partial charge in [0.15, 0.2) is 5.65 Å². The van der Waals surface area contributed by atoms with Crippen molar-refractivity contribution >= 4 is 39.6 Å². The van der Waals surface area contributed by atoms with E-state index in [1.54, 1.807) is 0 Å². The van der Waals surface area contributed by atoms with Crippen molar-refractivity contribution in [3.05, 3.63) is 54.1 Å². The zero-order chi connectivity index (χ0) is 23.7. The van der Waals surface area contributed by atoms with Crippen molar-refractivity contribution in [1.29, 1.82) is 0 Å². The number of para-hydroxylation sites is 2. The summed E-state index contributed by atoms with van der Waals surface area (Å²) >= 11 is 0. The highest BCUT2D eigenvalue weighted by Gasteiger charge is 2.25. The molecule has 0 spiro atoms. The molecule has 176 valence electrons. The Bertz CT molecular complexity index is 1320. The van der Waals surface area contributed by atoms with Crippen LogP contribution in [0.15, 0.2) is 48.5 Å². The number of aromatic nitrogens is 3. The van der Waals surface area contributed by atoms with Gasteiger partial charge in [-0.1, -0.05) is 12.1 Å². The highest BCUT2D eigenvalue weighted by atomic mass is 16.5. The Morgan fingerprint density at radius 1 is 1.06 bits per heavy atom. The van der Waals surface area contributed by atoms with Crippen LogP contribution in [-0.4, -0.2) is 78.8 Å². The minimum Gasteiger partial charge on any atom is -0.384 e. The number of benzene rings is 2. The van der Waals surface area contributed by atoms with Gasteiger partial charge in [-0.25, -0.2) is 9.97 Å². The Morgan fingerprint density at radius 3 is 2.41 bits per heavy atom. The first-order chi connectivity index (χ1) is 16.5. The lowest BCUT2D eigenvalue weighted by Gasteiger charge is -2.26. The number of nitrogens with one attached hydrogen (secondary N) is 1. The third-order valence-electron chi connectivity index (χ3n) is 6.17. The summed E-state index contributed by atoms with van der Waals surface area (Å²) in [6.45, 7) is 4.47. The second-order valence-electron chi connectivity index (χ2n) is 8.60. The molecule has 3 heterocycles. The van der Waals surface area contributed by atoms with E-state index in [0.29, 0.717) is 29.1 Å². The maximum atomic E-state index is 13.3. The molecule has 0 saturated carbocycles. The Morgan fingerprint density at radius 2 is 1.74 bits per heavy atom. The number of hydrogen-bond acceptors (Lipinski definition) is 7. The van der Waals surface area contributed by atoms with Crippen molar-refractivity contribution in [2.24, 2.45) is 0 Å². The number of carbonyl (C=O) groups is 1. The number of carbonyl (C=O) groups excluding carboxylic acids is 1. The number of anilines is 2. The van der Waals surface area contributed by atoms with Crippen LogP contribution in [-0.2, 0) is 4.74 Å². The van der Waals surface area contributed by atoms with E-state index in [1.165, 1.54) is 0 Å². The molecule has 5 rings (SSSR count). The molecule has 1 fully saturated rings. The van der Waals surface area contributed by atoms with Gasteiger partial charge in [0.2, 0.25) is 0 Å². The van der Waals surface area contributed by atoms with E-state index in [4.69, 9.17) is 20.4 Å². The number of fused-ring (bicyclic) bond motifs is 2. The number of nitrogen functional groups attached to an aromatic ring is 1. The molecule has 0 radical (unpaired) electrons. The number of amides is 1. The largest absolute Gasteiger partial charge is 0.384 e. The Balaban J connectivity index is 1.54. The Hall–Kier alpha value is -3.69. The van der Waals surface area contributed by atoms with Crippen LogP contribution in [0.3, 0.4) is 0 Å². The van der Waals surface area contributed by atoms with E-state index in [2.05, 4.69) is 10.2 Å². The van der Waals surface area contributed by atoms with Gasteiger partial charge in [0, 0.05) is 51.6 Å². The van der Waals surface area contributed by atoms with Crippen LogP contribution in [0.2, 0.25) is 0 Å². The number of rotatable bonds is 6. The average Bonchev–Trinajstić information content (AvgIpc) is 3.13. The van der Waals surface area contributed by atoms with E-state index < -0.39 is 0 Å². The molecule has 1 saturated heterocycles. The second-order valence-corrected chi connectivity index (χ2v) is 8.60. The molecule has 2 aromatic carbocycles. The minimum atomic E-state index is -0.246. The zero-order valence-electron chi connectivity index (χ0n) is 19.5. The quantitative estimate of drug-likeness (QED) is 0.456. The van der Waals surface area contributed by atoms with Gasteiger partial charge in [-0.2, -0.15) is 0 Å². The number of nitrogens with zero attached hydrogens (tertiary/aromatic N) is 5. The maximum absolute atomic E-state index is 13.3. The van der Waals surface area contributed by atoms with Crippen LogP contribution >= 0.6 is 0 Å². The SMILES string of the molecule is CN(C)c1ccc(-n2c(N)c(C(=O)NCCN3CCOCC3)c3nc4ccccc4nc32)cc1. The minimum absolute atomic E-state index is 0.246. The summed E-state index contributed by atoms with van der Waals surface area (Å²) in [5.41, 5.74) is 11.4. The molecule has 1 aliphatic heterocycles. The number of hydrogen-bond donors (Lipinski definition) is 2. The first-order valence-electron chi connectivity index (χ1n) is 11.5. The van der Waals surface area contributed by atoms with Gasteiger partial charge in [-0.3, -0.25) is 14.3 Å². The van der Waals surface area contributed by atoms with Gasteiger partial charge in [-0.05, 0) is 36.4 Å². The molecule has 9 nitrogen and oxygen atoms in total. The molecule has 4 aromatic rings. The summed E-state index contributed by atoms with van der Waals surface area (Å²) in [5.74, 6) is 0.0794. The van der Waals surface area contributed by atoms with Gasteiger partial charge in [0.05, 0.1) is 24.2 Å². The van der Waals surface area contributed by atoms with Crippen molar-refractivity contribution in [3.63, 3.8) is 0 Å². The molecule has 3 N–H and O–H groups in total. The summed E-state index contributed by atoms with van der Waals surface area (Å²) in [5, 5.41) is 3.03. The summed E-state index contributed by atoms with van der Waals surface area (Å²) in [6.07, 6.45) is 0. The van der Waals surface area contributed by atoms with Gasteiger partial charge in [0.1, 0.15) is 16.9 Å². The highest BCUT2D eigenvalue weighted by Crippen LogP contribution is 2.31. The van der Waals surface area contributed by atoms with E-state index >= 15 is 0 Å². The van der Waals surface area contributed by atoms with Crippen LogP contribution in [0.4, 0.5) is 11.5 Å². The van der Waals surface area contributed by atoms with E-state index in [1.807, 2.05) is 72.1 Å². The lowest BCUT2D eigenvalue weighted by molar-refractivity contribution is 0.0383. The summed E-state index contributed by atoms with van der Waals surface area (Å²) in [4.78, 5) is 27.3. The van der Waals surface area contributed by atoms with Crippen LogP contribution in [0, 0.1) is 0 Å². The van der Waals surface area contributed by atoms with Crippen molar-refractivity contribution < 1.29 is 9.53 Å². The van der Waals surface area contributed by atoms with E-state index in [-0.39, 0.29) is 5.91 Å². The van der Waals surface area contributed by atoms with Gasteiger partial charge < -0.3 is 20.7 Å². The molecular weight excluding hydrogens is 430 g/mol. The number of nitrogens with two attached hydrogens (primary N) is 1. The van der Waals surface area contributed by atoms with Crippen molar-refractivity contribution in [1.82, 2.24) is 24.8 Å². The van der Waals surface area contributed by atoms with E-state index in [0.717, 1.165) is 55.3 Å². The maximum Gasteiger partial charge on any atom is 0.257 e. The first-order valence-corrected chi connectivity index (χ1v) is 11.5. The predicted octanol–water partition coefficient (Wildman–Crippen LogP) is 2.28. The van der Waals surface area contributed by atoms with Crippen molar-refractivity contribution in [2.45, 2.75) is 0 Å². The van der Waals surface area contributed by atoms with E-state index in [9.17, 15) is 4.79 Å². The second kappa shape index (κ2) is 9.28. The van der Waals surface area contributed by atoms with Gasteiger partial charge in [-0.15, -0.1) is 0 Å². The summed E-state index contributed by atoms with van der Waals surface area (Å²) in [7, 11) is 3.98. The Kier molecular flexibility index (Phi) is 6.04. The third-order valence-corrected chi connectivity index (χ3v) is 6.17.